The van der Waals surface area contributed by atoms with Gasteiger partial charge in [0.15, 0.2) is 0 Å². The van der Waals surface area contributed by atoms with Crippen molar-refractivity contribution in [2.75, 3.05) is 26.2 Å². The molecule has 0 bridgehead atoms. The molecule has 0 radical (unpaired) electrons. The molecule has 3 rings (SSSR count). The average molecular weight is 663 g/mol. The van der Waals surface area contributed by atoms with Gasteiger partial charge in [0, 0.05) is 12.1 Å². The van der Waals surface area contributed by atoms with E-state index in [0.29, 0.717) is 12.1 Å². The summed E-state index contributed by atoms with van der Waals surface area (Å²) in [5.74, 6) is -1.25. The normalized spacial score (nSPS) is 25.6. The van der Waals surface area contributed by atoms with E-state index in [1.165, 1.54) is 51.6 Å². The number of hydrogen-bond acceptors (Lipinski definition) is 8. The maximum Gasteiger partial charge on any atom is 2.00 e. The Kier molecular flexibility index (Phi) is 19.7. The monoisotopic (exact) mass is 662 g/mol. The van der Waals surface area contributed by atoms with Gasteiger partial charge in [-0.05, 0) is 70.1 Å². The Hall–Kier alpha value is 0.108. The summed E-state index contributed by atoms with van der Waals surface area (Å²) in [5, 5.41) is 23.1. The number of nitrogens with zero attached hydrogens (tertiary/aromatic N) is 1. The summed E-state index contributed by atoms with van der Waals surface area (Å²) in [6.45, 7) is 10.6. The van der Waals surface area contributed by atoms with Gasteiger partial charge in [0.05, 0.1) is 12.1 Å². The van der Waals surface area contributed by atoms with Gasteiger partial charge in [0.1, 0.15) is 0 Å². The summed E-state index contributed by atoms with van der Waals surface area (Å²) in [6.07, 6.45) is 7.49. The fourth-order valence-electron chi connectivity index (χ4n) is 4.15. The molecule has 12 heteroatoms. The minimum Gasteiger partial charge on any atom is -0.756 e. The Morgan fingerprint density at radius 3 is 1.81 bits per heavy atom. The number of nitrogens with two attached hydrogens (primary N) is 1. The molecule has 0 spiro atoms. The molecule has 1 saturated heterocycles. The molecule has 1 heterocycles. The Morgan fingerprint density at radius 1 is 1.16 bits per heavy atom. The molecular formula is C20H42N3O7PPt. The van der Waals surface area contributed by atoms with Crippen LogP contribution in [0.2, 0.25) is 0 Å². The summed E-state index contributed by atoms with van der Waals surface area (Å²) < 4.78 is 8.77. The van der Waals surface area contributed by atoms with Crippen molar-refractivity contribution in [1.29, 1.82) is 0 Å². The van der Waals surface area contributed by atoms with Gasteiger partial charge in [0.2, 0.25) is 0 Å². The van der Waals surface area contributed by atoms with Crippen molar-refractivity contribution in [3.05, 3.63) is 0 Å². The second-order valence-electron chi connectivity index (χ2n) is 8.30. The van der Waals surface area contributed by atoms with E-state index in [4.69, 9.17) is 25.0 Å². The van der Waals surface area contributed by atoms with Gasteiger partial charge < -0.3 is 45.6 Å². The molecule has 0 aromatic carbocycles. The number of carbonyl (C=O) groups excluding carboxylic acids is 1. The van der Waals surface area contributed by atoms with E-state index in [1.54, 1.807) is 0 Å². The zero-order valence-corrected chi connectivity index (χ0v) is 22.6. The number of carbonyl (C=O) groups is 1. The van der Waals surface area contributed by atoms with Crippen molar-refractivity contribution >= 4 is 13.8 Å². The first kappa shape index (κ1) is 34.3. The van der Waals surface area contributed by atoms with Crippen LogP contribution in [-0.2, 0) is 30.4 Å². The van der Waals surface area contributed by atoms with Gasteiger partial charge in [0.25, 0.3) is 7.82 Å². The van der Waals surface area contributed by atoms with Gasteiger partial charge in [-0.3, -0.25) is 4.57 Å². The first-order valence-electron chi connectivity index (χ1n) is 11.3. The summed E-state index contributed by atoms with van der Waals surface area (Å²) in [5.41, 5.74) is 5.53. The third-order valence-electron chi connectivity index (χ3n) is 6.08. The van der Waals surface area contributed by atoms with E-state index >= 15 is 0 Å². The minimum atomic E-state index is -4.89. The van der Waals surface area contributed by atoms with Crippen molar-refractivity contribution in [2.45, 2.75) is 83.9 Å². The molecule has 4 unspecified atom stereocenters. The molecule has 4 atom stereocenters. The number of aliphatic hydroxyl groups is 1. The Bertz CT molecular complexity index is 511. The Labute approximate surface area is 206 Å². The van der Waals surface area contributed by atoms with Crippen molar-refractivity contribution in [2.24, 2.45) is 17.6 Å². The van der Waals surface area contributed by atoms with Crippen molar-refractivity contribution in [3.8, 4) is 0 Å². The largest absolute Gasteiger partial charge is 2.00 e. The number of carboxylic acids is 1. The van der Waals surface area contributed by atoms with E-state index in [-0.39, 0.29) is 32.9 Å². The molecule has 0 aromatic rings. The standard InChI is InChI=1S/C11H21NO3.C5H11N.C4H9N.H3O4P.Pt/c1-4-12(5-2)9-6-8(7(9)3)10(13)11(14)15;6-5-3-1-2-4-5;1-2-4-5-3-1;1-5(2,3)4;/h7-10,13H,4-6H2,1-3H3,(H,14,15);5H,1-4,6H2;5H,1-4H2;(H3,1,2,3,4);/q;;;;+2/p-2. The molecule has 2 aliphatic carbocycles. The number of carboxylic acid groups (broad SMARTS) is 1. The average Bonchev–Trinajstić information content (AvgIpc) is 3.39. The summed E-state index contributed by atoms with van der Waals surface area (Å²) in [6, 6.07) is 0.962. The van der Waals surface area contributed by atoms with Crippen LogP contribution < -0.4 is 21.1 Å². The van der Waals surface area contributed by atoms with Crippen LogP contribution in [0.15, 0.2) is 0 Å². The Morgan fingerprint density at radius 2 is 1.59 bits per heavy atom. The maximum absolute atomic E-state index is 10.5. The van der Waals surface area contributed by atoms with Crippen LogP contribution in [0.3, 0.4) is 0 Å². The van der Waals surface area contributed by atoms with Crippen LogP contribution in [0.25, 0.3) is 0 Å². The third-order valence-corrected chi connectivity index (χ3v) is 6.08. The zero-order valence-electron chi connectivity index (χ0n) is 19.4. The van der Waals surface area contributed by atoms with Crippen molar-refractivity contribution < 1.29 is 55.3 Å². The van der Waals surface area contributed by atoms with Gasteiger partial charge in [-0.25, -0.2) is 0 Å². The fourth-order valence-corrected chi connectivity index (χ4v) is 4.15. The van der Waals surface area contributed by atoms with E-state index in [1.807, 2.05) is 6.92 Å². The number of rotatable bonds is 5. The molecule has 3 fully saturated rings. The predicted octanol–water partition coefficient (Wildman–Crippen LogP) is -0.842. The number of nitrogens with one attached hydrogen (secondary N) is 1. The van der Waals surface area contributed by atoms with Gasteiger partial charge in [-0.15, -0.1) is 0 Å². The fraction of sp³-hybridized carbons (Fsp3) is 0.950. The quantitative estimate of drug-likeness (QED) is 0.233. The van der Waals surface area contributed by atoms with Crippen molar-refractivity contribution in [3.63, 3.8) is 0 Å². The number of hydrogen-bond donors (Lipinski definition) is 5. The van der Waals surface area contributed by atoms with E-state index in [0.717, 1.165) is 19.5 Å². The maximum atomic E-state index is 10.5. The van der Waals surface area contributed by atoms with Crippen LogP contribution in [0, 0.1) is 11.8 Å². The number of aliphatic hydroxyl groups excluding tert-OH is 1. The number of phosphoric acid groups is 1. The molecule has 6 N–H and O–H groups in total. The van der Waals surface area contributed by atoms with Crippen molar-refractivity contribution in [1.82, 2.24) is 10.2 Å². The van der Waals surface area contributed by atoms with Crippen LogP contribution in [0.1, 0.15) is 65.7 Å². The summed E-state index contributed by atoms with van der Waals surface area (Å²) in [4.78, 5) is 35.8. The van der Waals surface area contributed by atoms with E-state index in [2.05, 4.69) is 24.1 Å². The minimum absolute atomic E-state index is 0. The predicted molar refractivity (Wildman–Crippen MR) is 116 cm³/mol. The summed E-state index contributed by atoms with van der Waals surface area (Å²) in [7, 11) is -4.89. The molecule has 0 amide bonds. The smallest absolute Gasteiger partial charge is 0.756 e. The van der Waals surface area contributed by atoms with E-state index < -0.39 is 19.9 Å². The van der Waals surface area contributed by atoms with Crippen LogP contribution in [-0.4, -0.2) is 70.1 Å². The second-order valence-corrected chi connectivity index (χ2v) is 9.28. The first-order valence-corrected chi connectivity index (χ1v) is 12.8. The second kappa shape index (κ2) is 18.4. The molecule has 3 aliphatic rings. The van der Waals surface area contributed by atoms with Gasteiger partial charge in [-0.1, -0.05) is 33.6 Å². The third kappa shape index (κ3) is 15.9. The van der Waals surface area contributed by atoms with Crippen LogP contribution in [0.4, 0.5) is 0 Å². The molecule has 32 heavy (non-hydrogen) atoms. The van der Waals surface area contributed by atoms with Gasteiger partial charge >= 0.3 is 21.1 Å². The number of aliphatic carboxylic acids is 1. The summed E-state index contributed by atoms with van der Waals surface area (Å²) >= 11 is 0. The van der Waals surface area contributed by atoms with Crippen LogP contribution in [0.5, 0.6) is 0 Å². The molecule has 1 aliphatic heterocycles. The topological polar surface area (TPSA) is 182 Å². The molecular weight excluding hydrogens is 620 g/mol. The molecule has 194 valence electrons. The van der Waals surface area contributed by atoms with E-state index in [9.17, 15) is 15.0 Å². The zero-order chi connectivity index (χ0) is 24.0. The molecule has 10 nitrogen and oxygen atoms in total. The SMILES string of the molecule is C1CCNC1.CCN(CC)C1CC(C(O)C(=O)[O-])C1C.NC1CCCC1.O=P([O-])(O)O.[Pt+2]. The van der Waals surface area contributed by atoms with Gasteiger partial charge in [-0.2, -0.15) is 0 Å². The molecule has 0 aromatic heterocycles. The van der Waals surface area contributed by atoms with Crippen LogP contribution >= 0.6 is 7.82 Å². The molecule has 2 saturated carbocycles. The Balaban J connectivity index is 0. The first-order chi connectivity index (χ1) is 14.4.